The van der Waals surface area contributed by atoms with E-state index in [4.69, 9.17) is 14.5 Å². The monoisotopic (exact) mass is 465 g/mol. The van der Waals surface area contributed by atoms with E-state index in [1.807, 2.05) is 42.5 Å². The predicted molar refractivity (Wildman–Crippen MR) is 133 cm³/mol. The number of ketones is 1. The zero-order chi connectivity index (χ0) is 23.2. The Hall–Kier alpha value is -2.57. The first-order valence-corrected chi connectivity index (χ1v) is 13.1. The van der Waals surface area contributed by atoms with Gasteiger partial charge in [0, 0.05) is 34.6 Å². The third-order valence-electron chi connectivity index (χ3n) is 6.10. The molecule has 1 aliphatic heterocycles. The van der Waals surface area contributed by atoms with Crippen molar-refractivity contribution in [3.05, 3.63) is 60.2 Å². The molecular formula is C27H31NO4S. The van der Waals surface area contributed by atoms with Crippen LogP contribution in [0.5, 0.6) is 5.75 Å². The quantitative estimate of drug-likeness (QED) is 0.347. The lowest BCUT2D eigenvalue weighted by molar-refractivity contribution is -0.0542. The van der Waals surface area contributed by atoms with Crippen molar-refractivity contribution in [3.63, 3.8) is 0 Å². The molecule has 0 bridgehead atoms. The maximum absolute atomic E-state index is 13.4. The Morgan fingerprint density at radius 3 is 2.61 bits per heavy atom. The van der Waals surface area contributed by atoms with Gasteiger partial charge in [-0.25, -0.2) is 4.98 Å². The van der Waals surface area contributed by atoms with Crippen molar-refractivity contribution >= 4 is 27.5 Å². The van der Waals surface area contributed by atoms with Crippen molar-refractivity contribution in [1.82, 2.24) is 4.98 Å². The molecule has 2 aromatic carbocycles. The molecule has 0 saturated heterocycles. The lowest BCUT2D eigenvalue weighted by atomic mass is 9.99. The molecule has 3 atom stereocenters. The Balaban J connectivity index is 1.53. The first-order valence-electron chi connectivity index (χ1n) is 11.7. The minimum atomic E-state index is -1.37. The molecule has 6 heteroatoms. The molecule has 5 nitrogen and oxygen atoms in total. The van der Waals surface area contributed by atoms with Crippen LogP contribution in [0.3, 0.4) is 0 Å². The van der Waals surface area contributed by atoms with Gasteiger partial charge in [-0.3, -0.25) is 9.00 Å². The molecule has 0 radical (unpaired) electrons. The minimum absolute atomic E-state index is 0.185. The average molecular weight is 466 g/mol. The molecule has 0 aliphatic carbocycles. The second-order valence-electron chi connectivity index (χ2n) is 8.46. The summed E-state index contributed by atoms with van der Waals surface area (Å²) in [4.78, 5) is 18.2. The number of benzene rings is 2. The molecule has 0 N–H and O–H groups in total. The van der Waals surface area contributed by atoms with Crippen molar-refractivity contribution < 1.29 is 18.5 Å². The van der Waals surface area contributed by atoms with Crippen molar-refractivity contribution in [2.24, 2.45) is 0 Å². The molecule has 3 unspecified atom stereocenters. The van der Waals surface area contributed by atoms with Crippen LogP contribution in [0.2, 0.25) is 0 Å². The molecule has 0 saturated carbocycles. The highest BCUT2D eigenvalue weighted by Crippen LogP contribution is 2.34. The van der Waals surface area contributed by atoms with Gasteiger partial charge >= 0.3 is 0 Å². The average Bonchev–Trinajstić information content (AvgIpc) is 2.85. The van der Waals surface area contributed by atoms with E-state index in [0.29, 0.717) is 17.1 Å². The fraction of sp³-hybridized carbons (Fsp3) is 0.407. The number of nitrogens with zero attached hydrogens (tertiary/aromatic N) is 1. The number of aromatic nitrogens is 1. The van der Waals surface area contributed by atoms with Gasteiger partial charge in [-0.15, -0.1) is 0 Å². The zero-order valence-corrected chi connectivity index (χ0v) is 20.1. The van der Waals surface area contributed by atoms with E-state index in [9.17, 15) is 9.00 Å². The van der Waals surface area contributed by atoms with E-state index in [1.54, 1.807) is 12.1 Å². The fourth-order valence-corrected chi connectivity index (χ4v) is 5.76. The highest BCUT2D eigenvalue weighted by Gasteiger charge is 2.41. The van der Waals surface area contributed by atoms with Crippen LogP contribution in [-0.4, -0.2) is 39.4 Å². The van der Waals surface area contributed by atoms with Gasteiger partial charge in [-0.2, -0.15) is 0 Å². The van der Waals surface area contributed by atoms with Crippen molar-refractivity contribution in [2.75, 3.05) is 12.9 Å². The van der Waals surface area contributed by atoms with E-state index >= 15 is 0 Å². The predicted octanol–water partition coefficient (Wildman–Crippen LogP) is 5.93. The van der Waals surface area contributed by atoms with E-state index in [1.165, 1.54) is 26.4 Å². The van der Waals surface area contributed by atoms with Crippen molar-refractivity contribution in [3.8, 4) is 17.0 Å². The molecule has 33 heavy (non-hydrogen) atoms. The number of carbonyl (C=O) groups is 1. The summed E-state index contributed by atoms with van der Waals surface area (Å²) in [6.07, 6.45) is 5.80. The van der Waals surface area contributed by atoms with Gasteiger partial charge in [0.15, 0.2) is 11.0 Å². The van der Waals surface area contributed by atoms with Gasteiger partial charge in [0.25, 0.3) is 0 Å². The summed E-state index contributed by atoms with van der Waals surface area (Å²) in [5.74, 6) is 0.756. The molecule has 4 rings (SSSR count). The van der Waals surface area contributed by atoms with Crippen LogP contribution in [0.1, 0.15) is 55.8 Å². The summed E-state index contributed by atoms with van der Waals surface area (Å²) in [6, 6.07) is 17.4. The molecular weight excluding hydrogens is 434 g/mol. The molecule has 0 amide bonds. The molecule has 0 fully saturated rings. The summed E-state index contributed by atoms with van der Waals surface area (Å²) in [7, 11) is 0.125. The van der Waals surface area contributed by atoms with Crippen LogP contribution < -0.4 is 4.74 Å². The second-order valence-corrected chi connectivity index (χ2v) is 10.1. The summed E-state index contributed by atoms with van der Waals surface area (Å²) >= 11 is 0. The van der Waals surface area contributed by atoms with E-state index < -0.39 is 22.3 Å². The van der Waals surface area contributed by atoms with Gasteiger partial charge in [-0.1, -0.05) is 63.3 Å². The number of fused-ring (bicyclic) bond motifs is 2. The standard InChI is InChI=1S/C27H31NO4S/c1-3-4-5-6-7-10-17-33(30)26-25(29)21-18-20(14-16-24(21)32-27(26)31-2)23-15-13-19-11-8-9-12-22(19)28-23/h8-9,11-16,18,26-27H,3-7,10,17H2,1-2H3. The van der Waals surface area contributed by atoms with Crippen LogP contribution in [0.4, 0.5) is 0 Å². The third kappa shape index (κ3) is 5.33. The number of hydrogen-bond donors (Lipinski definition) is 0. The smallest absolute Gasteiger partial charge is 0.221 e. The van der Waals surface area contributed by atoms with Gasteiger partial charge < -0.3 is 9.47 Å². The largest absolute Gasteiger partial charge is 0.462 e. The molecule has 1 aliphatic rings. The third-order valence-corrected chi connectivity index (χ3v) is 7.80. The van der Waals surface area contributed by atoms with Gasteiger partial charge in [-0.05, 0) is 36.8 Å². The Morgan fingerprint density at radius 2 is 1.79 bits per heavy atom. The van der Waals surface area contributed by atoms with Crippen LogP contribution >= 0.6 is 0 Å². The van der Waals surface area contributed by atoms with Crippen molar-refractivity contribution in [1.29, 1.82) is 0 Å². The van der Waals surface area contributed by atoms with Crippen LogP contribution in [0.15, 0.2) is 54.6 Å². The Kier molecular flexibility index (Phi) is 7.89. The number of pyridine rings is 1. The highest BCUT2D eigenvalue weighted by molar-refractivity contribution is 7.86. The first kappa shape index (κ1) is 23.6. The molecule has 3 aromatic rings. The lowest BCUT2D eigenvalue weighted by Crippen LogP contribution is -2.46. The number of rotatable bonds is 10. The summed E-state index contributed by atoms with van der Waals surface area (Å²) in [5, 5.41) is 0.240. The molecule has 1 aromatic heterocycles. The van der Waals surface area contributed by atoms with E-state index in [2.05, 4.69) is 6.92 Å². The SMILES string of the molecule is CCCCCCCCS(=O)C1C(=O)c2cc(-c3ccc4ccccc4n3)ccc2OC1OC. The normalized spacial score (nSPS) is 18.7. The number of para-hydroxylation sites is 1. The van der Waals surface area contributed by atoms with E-state index in [0.717, 1.165) is 41.4 Å². The Labute approximate surface area is 198 Å². The van der Waals surface area contributed by atoms with Gasteiger partial charge in [0.1, 0.15) is 5.75 Å². The van der Waals surface area contributed by atoms with Gasteiger partial charge in [0.2, 0.25) is 6.29 Å². The number of hydrogen-bond acceptors (Lipinski definition) is 5. The lowest BCUT2D eigenvalue weighted by Gasteiger charge is -2.31. The number of methoxy groups -OCH3 is 1. The first-order chi connectivity index (χ1) is 16.1. The molecule has 174 valence electrons. The highest BCUT2D eigenvalue weighted by atomic mass is 32.2. The fourth-order valence-electron chi connectivity index (χ4n) is 4.24. The number of unbranched alkanes of at least 4 members (excludes halogenated alkanes) is 5. The maximum Gasteiger partial charge on any atom is 0.221 e. The van der Waals surface area contributed by atoms with Crippen LogP contribution in [0, 0.1) is 0 Å². The maximum atomic E-state index is 13.4. The summed E-state index contributed by atoms with van der Waals surface area (Å²) < 4.78 is 24.5. The summed E-state index contributed by atoms with van der Waals surface area (Å²) in [5.41, 5.74) is 2.94. The number of Topliss-reactive ketones (excluding diaryl/α,β-unsaturated/α-hetero) is 1. The molecule has 0 spiro atoms. The zero-order valence-electron chi connectivity index (χ0n) is 19.3. The van der Waals surface area contributed by atoms with E-state index in [-0.39, 0.29) is 5.78 Å². The number of carbonyl (C=O) groups excluding carboxylic acids is 1. The Bertz CT molecular complexity index is 1150. The van der Waals surface area contributed by atoms with Crippen molar-refractivity contribution in [2.45, 2.75) is 57.0 Å². The second kappa shape index (κ2) is 11.0. The van der Waals surface area contributed by atoms with Gasteiger partial charge in [0.05, 0.1) is 16.8 Å². The summed E-state index contributed by atoms with van der Waals surface area (Å²) in [6.45, 7) is 2.19. The molecule has 2 heterocycles. The van der Waals surface area contributed by atoms with Crippen LogP contribution in [0.25, 0.3) is 22.2 Å². The number of ether oxygens (including phenoxy) is 2. The minimum Gasteiger partial charge on any atom is -0.462 e. The Morgan fingerprint density at radius 1 is 1.00 bits per heavy atom. The van der Waals surface area contributed by atoms with Crippen LogP contribution in [-0.2, 0) is 15.5 Å². The topological polar surface area (TPSA) is 65.5 Å².